The van der Waals surface area contributed by atoms with Gasteiger partial charge in [0.25, 0.3) is 10.0 Å². The number of carbonyl (C=O) groups is 1. The van der Waals surface area contributed by atoms with Gasteiger partial charge in [-0.3, -0.25) is 4.79 Å². The number of rotatable bonds is 6. The zero-order valence-electron chi connectivity index (χ0n) is 13.0. The third-order valence-corrected chi connectivity index (χ3v) is 4.38. The Labute approximate surface area is 125 Å². The van der Waals surface area contributed by atoms with Crippen LogP contribution < -0.4 is 4.72 Å². The molecule has 0 saturated heterocycles. The lowest BCUT2D eigenvalue weighted by atomic mass is 9.85. The number of carboxylic acid groups (broad SMARTS) is 1. The van der Waals surface area contributed by atoms with Gasteiger partial charge in [0.1, 0.15) is 5.82 Å². The maximum absolute atomic E-state index is 12.1. The van der Waals surface area contributed by atoms with Gasteiger partial charge in [0.05, 0.1) is 5.92 Å². The van der Waals surface area contributed by atoms with Crippen molar-refractivity contribution in [3.63, 3.8) is 0 Å². The van der Waals surface area contributed by atoms with Crippen molar-refractivity contribution in [1.82, 2.24) is 14.3 Å². The number of hydrogen-bond acceptors (Lipinski definition) is 4. The van der Waals surface area contributed by atoms with Gasteiger partial charge < -0.3 is 9.67 Å². The van der Waals surface area contributed by atoms with Crippen molar-refractivity contribution >= 4 is 16.0 Å². The average Bonchev–Trinajstić information content (AvgIpc) is 2.64. The maximum atomic E-state index is 12.1. The molecule has 0 saturated carbocycles. The Morgan fingerprint density at radius 2 is 2.05 bits per heavy atom. The van der Waals surface area contributed by atoms with Gasteiger partial charge in [0, 0.05) is 19.8 Å². The van der Waals surface area contributed by atoms with Crippen molar-refractivity contribution in [2.24, 2.45) is 18.4 Å². The molecule has 0 aromatic carbocycles. The van der Waals surface area contributed by atoms with E-state index in [1.807, 2.05) is 20.8 Å². The number of aryl methyl sites for hydroxylation is 2. The smallest absolute Gasteiger partial charge is 0.307 e. The summed E-state index contributed by atoms with van der Waals surface area (Å²) in [4.78, 5) is 15.2. The minimum absolute atomic E-state index is 0.0950. The van der Waals surface area contributed by atoms with E-state index >= 15 is 0 Å². The van der Waals surface area contributed by atoms with E-state index in [0.29, 0.717) is 12.2 Å². The number of nitrogens with zero attached hydrogens (tertiary/aromatic N) is 2. The second-order valence-electron chi connectivity index (χ2n) is 6.39. The van der Waals surface area contributed by atoms with Crippen LogP contribution in [-0.2, 0) is 21.9 Å². The predicted molar refractivity (Wildman–Crippen MR) is 78.3 cm³/mol. The number of aromatic nitrogens is 2. The molecule has 8 heteroatoms. The van der Waals surface area contributed by atoms with Crippen molar-refractivity contribution < 1.29 is 18.3 Å². The van der Waals surface area contributed by atoms with Gasteiger partial charge in [0.15, 0.2) is 5.03 Å². The quantitative estimate of drug-likeness (QED) is 0.819. The third-order valence-electron chi connectivity index (χ3n) is 3.09. The summed E-state index contributed by atoms with van der Waals surface area (Å²) in [5, 5.41) is 9.10. The monoisotopic (exact) mass is 317 g/mol. The summed E-state index contributed by atoms with van der Waals surface area (Å²) in [5.74, 6) is -1.21. The van der Waals surface area contributed by atoms with Crippen molar-refractivity contribution in [2.75, 3.05) is 6.54 Å². The van der Waals surface area contributed by atoms with Gasteiger partial charge in [-0.15, -0.1) is 0 Å². The first-order chi connectivity index (χ1) is 9.42. The minimum Gasteiger partial charge on any atom is -0.481 e. The van der Waals surface area contributed by atoms with Crippen molar-refractivity contribution in [3.05, 3.63) is 12.0 Å². The molecular weight excluding hydrogens is 294 g/mol. The Hall–Kier alpha value is -1.41. The first kappa shape index (κ1) is 17.6. The Morgan fingerprint density at radius 3 is 2.43 bits per heavy atom. The summed E-state index contributed by atoms with van der Waals surface area (Å²) in [7, 11) is -2.10. The van der Waals surface area contributed by atoms with Crippen LogP contribution in [0.5, 0.6) is 0 Å². The lowest BCUT2D eigenvalue weighted by Gasteiger charge is -2.23. The molecule has 1 aromatic heterocycles. The Bertz CT molecular complexity index is 594. The van der Waals surface area contributed by atoms with Crippen molar-refractivity contribution in [1.29, 1.82) is 0 Å². The lowest BCUT2D eigenvalue weighted by molar-refractivity contribution is -0.142. The van der Waals surface area contributed by atoms with E-state index in [4.69, 9.17) is 0 Å². The van der Waals surface area contributed by atoms with Gasteiger partial charge in [-0.05, 0) is 18.8 Å². The third kappa shape index (κ3) is 5.13. The van der Waals surface area contributed by atoms with E-state index in [0.717, 1.165) is 0 Å². The molecule has 1 heterocycles. The van der Waals surface area contributed by atoms with Crippen LogP contribution in [0.4, 0.5) is 0 Å². The van der Waals surface area contributed by atoms with Gasteiger partial charge in [-0.25, -0.2) is 18.1 Å². The molecule has 21 heavy (non-hydrogen) atoms. The molecule has 0 amide bonds. The predicted octanol–water partition coefficient (Wildman–Crippen LogP) is 1.14. The zero-order valence-corrected chi connectivity index (χ0v) is 13.9. The molecule has 0 spiro atoms. The fraction of sp³-hybridized carbons (Fsp3) is 0.692. The van der Waals surface area contributed by atoms with Gasteiger partial charge in [-0.1, -0.05) is 20.8 Å². The topological polar surface area (TPSA) is 101 Å². The molecule has 1 atom stereocenters. The molecular formula is C13H23N3O4S. The molecule has 0 radical (unpaired) electrons. The molecule has 2 N–H and O–H groups in total. The van der Waals surface area contributed by atoms with E-state index in [9.17, 15) is 18.3 Å². The first-order valence-electron chi connectivity index (χ1n) is 6.65. The Kier molecular flexibility index (Phi) is 5.16. The molecule has 0 fully saturated rings. The average molecular weight is 317 g/mol. The fourth-order valence-corrected chi connectivity index (χ4v) is 3.04. The van der Waals surface area contributed by atoms with E-state index in [2.05, 4.69) is 9.71 Å². The largest absolute Gasteiger partial charge is 0.481 e. The normalized spacial score (nSPS) is 14.1. The number of aliphatic carboxylic acids is 1. The number of imidazole rings is 1. The highest BCUT2D eigenvalue weighted by atomic mass is 32.2. The summed E-state index contributed by atoms with van der Waals surface area (Å²) < 4.78 is 28.2. The van der Waals surface area contributed by atoms with E-state index in [-0.39, 0.29) is 17.0 Å². The minimum atomic E-state index is -3.79. The molecule has 7 nitrogen and oxygen atoms in total. The molecule has 0 aliphatic heterocycles. The molecule has 0 aliphatic carbocycles. The highest BCUT2D eigenvalue weighted by Crippen LogP contribution is 2.24. The van der Waals surface area contributed by atoms with Crippen LogP contribution in [0.1, 0.15) is 33.0 Å². The second kappa shape index (κ2) is 6.15. The van der Waals surface area contributed by atoms with Crippen LogP contribution in [-0.4, -0.2) is 35.6 Å². The van der Waals surface area contributed by atoms with Gasteiger partial charge in [0.2, 0.25) is 0 Å². The van der Waals surface area contributed by atoms with Crippen LogP contribution in [0.3, 0.4) is 0 Å². The zero-order chi connectivity index (χ0) is 16.4. The van der Waals surface area contributed by atoms with E-state index in [1.54, 1.807) is 18.5 Å². The SMILES string of the molecule is Cc1nc(S(=O)(=O)NCC(CC(C)(C)C)C(=O)O)cn1C. The van der Waals surface area contributed by atoms with E-state index < -0.39 is 21.9 Å². The standard InChI is InChI=1S/C13H23N3O4S/c1-9-15-11(8-16(9)5)21(19,20)14-7-10(12(17)18)6-13(2,3)4/h8,10,14H,6-7H2,1-5H3,(H,17,18). The Balaban J connectivity index is 2.81. The molecule has 1 rings (SSSR count). The maximum Gasteiger partial charge on any atom is 0.307 e. The molecule has 1 aromatic rings. The number of nitrogens with one attached hydrogen (secondary N) is 1. The highest BCUT2D eigenvalue weighted by molar-refractivity contribution is 7.89. The number of sulfonamides is 1. The summed E-state index contributed by atoms with van der Waals surface area (Å²) in [6.07, 6.45) is 1.78. The Morgan fingerprint density at radius 1 is 1.48 bits per heavy atom. The van der Waals surface area contributed by atoms with Crippen LogP contribution in [0.25, 0.3) is 0 Å². The highest BCUT2D eigenvalue weighted by Gasteiger charge is 2.27. The van der Waals surface area contributed by atoms with Gasteiger partial charge in [-0.2, -0.15) is 0 Å². The number of carboxylic acids is 1. The summed E-state index contributed by atoms with van der Waals surface area (Å²) in [5.41, 5.74) is -0.198. The summed E-state index contributed by atoms with van der Waals surface area (Å²) in [6.45, 7) is 7.29. The van der Waals surface area contributed by atoms with Crippen LogP contribution in [0, 0.1) is 18.3 Å². The summed E-state index contributed by atoms with van der Waals surface area (Å²) in [6, 6.07) is 0. The molecule has 0 bridgehead atoms. The lowest BCUT2D eigenvalue weighted by Crippen LogP contribution is -2.35. The van der Waals surface area contributed by atoms with Crippen LogP contribution >= 0.6 is 0 Å². The number of hydrogen-bond donors (Lipinski definition) is 2. The molecule has 120 valence electrons. The van der Waals surface area contributed by atoms with E-state index in [1.165, 1.54) is 6.20 Å². The fourth-order valence-electron chi connectivity index (χ4n) is 1.93. The molecule has 1 unspecified atom stereocenters. The van der Waals surface area contributed by atoms with Crippen molar-refractivity contribution in [2.45, 2.75) is 39.1 Å². The van der Waals surface area contributed by atoms with Crippen LogP contribution in [0.15, 0.2) is 11.2 Å². The van der Waals surface area contributed by atoms with Crippen LogP contribution in [0.2, 0.25) is 0 Å². The van der Waals surface area contributed by atoms with Crippen molar-refractivity contribution in [3.8, 4) is 0 Å². The molecule has 0 aliphatic rings. The van der Waals surface area contributed by atoms with Gasteiger partial charge >= 0.3 is 5.97 Å². The summed E-state index contributed by atoms with van der Waals surface area (Å²) >= 11 is 0. The second-order valence-corrected chi connectivity index (χ2v) is 8.10. The first-order valence-corrected chi connectivity index (χ1v) is 8.13.